The second kappa shape index (κ2) is 5.87. The highest BCUT2D eigenvalue weighted by molar-refractivity contribution is 5.26. The number of methoxy groups -OCH3 is 1. The van der Waals surface area contributed by atoms with Crippen LogP contribution in [0.15, 0.2) is 24.3 Å². The van der Waals surface area contributed by atoms with Crippen molar-refractivity contribution in [2.24, 2.45) is 11.1 Å². The summed E-state index contributed by atoms with van der Waals surface area (Å²) in [5.74, 6) is 0.867. The quantitative estimate of drug-likeness (QED) is 0.804. The number of benzene rings is 1. The minimum absolute atomic E-state index is 0.0481. The number of hydrogen-bond donors (Lipinski definition) is 1. The summed E-state index contributed by atoms with van der Waals surface area (Å²) in [6.07, 6.45) is 0. The van der Waals surface area contributed by atoms with Crippen molar-refractivity contribution in [3.8, 4) is 5.75 Å². The molecule has 3 nitrogen and oxygen atoms in total. The minimum Gasteiger partial charge on any atom is -0.497 e. The zero-order valence-corrected chi connectivity index (χ0v) is 10.3. The fourth-order valence-electron chi connectivity index (χ4n) is 1.23. The molecule has 90 valence electrons. The summed E-state index contributed by atoms with van der Waals surface area (Å²) < 4.78 is 10.7. The predicted molar refractivity (Wildman–Crippen MR) is 65.5 cm³/mol. The summed E-state index contributed by atoms with van der Waals surface area (Å²) in [6.45, 7) is 6.13. The van der Waals surface area contributed by atoms with Crippen LogP contribution in [0.25, 0.3) is 0 Å². The van der Waals surface area contributed by atoms with Gasteiger partial charge in [0.1, 0.15) is 5.75 Å². The third kappa shape index (κ3) is 4.21. The van der Waals surface area contributed by atoms with Crippen molar-refractivity contribution in [2.75, 3.05) is 20.3 Å². The number of ether oxygens (including phenoxy) is 2. The SMILES string of the molecule is COc1ccc(COCC(C)(C)CN)cc1. The first-order chi connectivity index (χ1) is 7.57. The van der Waals surface area contributed by atoms with E-state index in [2.05, 4.69) is 13.8 Å². The maximum atomic E-state index is 5.63. The highest BCUT2D eigenvalue weighted by Crippen LogP contribution is 2.15. The van der Waals surface area contributed by atoms with E-state index in [9.17, 15) is 0 Å². The summed E-state index contributed by atoms with van der Waals surface area (Å²) in [5.41, 5.74) is 6.82. The van der Waals surface area contributed by atoms with Gasteiger partial charge in [-0.1, -0.05) is 26.0 Å². The van der Waals surface area contributed by atoms with Gasteiger partial charge in [-0.05, 0) is 24.2 Å². The molecule has 0 saturated heterocycles. The molecule has 0 aliphatic carbocycles. The van der Waals surface area contributed by atoms with Gasteiger partial charge >= 0.3 is 0 Å². The fraction of sp³-hybridized carbons (Fsp3) is 0.538. The monoisotopic (exact) mass is 223 g/mol. The fourth-order valence-corrected chi connectivity index (χ4v) is 1.23. The third-order valence-electron chi connectivity index (χ3n) is 2.47. The van der Waals surface area contributed by atoms with E-state index in [-0.39, 0.29) is 5.41 Å². The van der Waals surface area contributed by atoms with Gasteiger partial charge < -0.3 is 15.2 Å². The van der Waals surface area contributed by atoms with E-state index in [1.165, 1.54) is 0 Å². The number of rotatable bonds is 6. The molecule has 1 aromatic rings. The second-order valence-corrected chi connectivity index (χ2v) is 4.71. The van der Waals surface area contributed by atoms with Gasteiger partial charge in [-0.3, -0.25) is 0 Å². The van der Waals surface area contributed by atoms with Crippen LogP contribution in [0.2, 0.25) is 0 Å². The summed E-state index contributed by atoms with van der Waals surface area (Å²) in [7, 11) is 1.66. The van der Waals surface area contributed by atoms with Crippen LogP contribution in [0.3, 0.4) is 0 Å². The molecule has 0 fully saturated rings. The lowest BCUT2D eigenvalue weighted by molar-refractivity contribution is 0.0553. The Bertz CT molecular complexity index is 306. The molecule has 0 aliphatic rings. The van der Waals surface area contributed by atoms with Crippen LogP contribution in [0.5, 0.6) is 5.75 Å². The molecular formula is C13H21NO2. The molecule has 0 aliphatic heterocycles. The van der Waals surface area contributed by atoms with Gasteiger partial charge in [-0.2, -0.15) is 0 Å². The molecule has 1 rings (SSSR count). The van der Waals surface area contributed by atoms with Crippen LogP contribution < -0.4 is 10.5 Å². The molecule has 1 aromatic carbocycles. The van der Waals surface area contributed by atoms with Gasteiger partial charge in [0, 0.05) is 5.41 Å². The molecule has 0 amide bonds. The van der Waals surface area contributed by atoms with E-state index in [0.29, 0.717) is 19.8 Å². The van der Waals surface area contributed by atoms with Crippen molar-refractivity contribution in [3.63, 3.8) is 0 Å². The Kier molecular flexibility index (Phi) is 4.77. The summed E-state index contributed by atoms with van der Waals surface area (Å²) in [6, 6.07) is 7.89. The van der Waals surface area contributed by atoms with E-state index in [1.54, 1.807) is 7.11 Å². The molecule has 0 saturated carbocycles. The highest BCUT2D eigenvalue weighted by atomic mass is 16.5. The van der Waals surface area contributed by atoms with Gasteiger partial charge in [-0.25, -0.2) is 0 Å². The third-order valence-corrected chi connectivity index (χ3v) is 2.47. The van der Waals surface area contributed by atoms with E-state index in [1.807, 2.05) is 24.3 Å². The van der Waals surface area contributed by atoms with E-state index in [4.69, 9.17) is 15.2 Å². The Balaban J connectivity index is 2.37. The average molecular weight is 223 g/mol. The Morgan fingerprint density at radius 2 is 1.81 bits per heavy atom. The molecule has 0 bridgehead atoms. The van der Waals surface area contributed by atoms with Crippen molar-refractivity contribution in [2.45, 2.75) is 20.5 Å². The van der Waals surface area contributed by atoms with Crippen LogP contribution in [0, 0.1) is 5.41 Å². The first kappa shape index (κ1) is 13.0. The molecule has 0 heterocycles. The first-order valence-electron chi connectivity index (χ1n) is 5.48. The largest absolute Gasteiger partial charge is 0.497 e. The molecule has 3 heteroatoms. The van der Waals surface area contributed by atoms with E-state index < -0.39 is 0 Å². The standard InChI is InChI=1S/C13H21NO2/c1-13(2,9-14)10-16-8-11-4-6-12(15-3)7-5-11/h4-7H,8-10,14H2,1-3H3. The maximum Gasteiger partial charge on any atom is 0.118 e. The lowest BCUT2D eigenvalue weighted by Crippen LogP contribution is -2.28. The topological polar surface area (TPSA) is 44.5 Å². The minimum atomic E-state index is 0.0481. The van der Waals surface area contributed by atoms with Crippen LogP contribution in [-0.2, 0) is 11.3 Å². The first-order valence-corrected chi connectivity index (χ1v) is 5.48. The summed E-state index contributed by atoms with van der Waals surface area (Å²) in [5, 5.41) is 0. The van der Waals surface area contributed by atoms with Gasteiger partial charge in [0.25, 0.3) is 0 Å². The second-order valence-electron chi connectivity index (χ2n) is 4.71. The summed E-state index contributed by atoms with van der Waals surface area (Å²) >= 11 is 0. The lowest BCUT2D eigenvalue weighted by atomic mass is 9.95. The lowest BCUT2D eigenvalue weighted by Gasteiger charge is -2.21. The average Bonchev–Trinajstić information content (AvgIpc) is 2.30. The van der Waals surface area contributed by atoms with Crippen molar-refractivity contribution < 1.29 is 9.47 Å². The van der Waals surface area contributed by atoms with Crippen LogP contribution in [0.1, 0.15) is 19.4 Å². The van der Waals surface area contributed by atoms with Crippen LogP contribution in [-0.4, -0.2) is 20.3 Å². The van der Waals surface area contributed by atoms with Crippen molar-refractivity contribution in [1.82, 2.24) is 0 Å². The Morgan fingerprint density at radius 3 is 2.31 bits per heavy atom. The Labute approximate surface area is 97.6 Å². The summed E-state index contributed by atoms with van der Waals surface area (Å²) in [4.78, 5) is 0. The predicted octanol–water partition coefficient (Wildman–Crippen LogP) is 2.20. The Hall–Kier alpha value is -1.06. The van der Waals surface area contributed by atoms with Crippen molar-refractivity contribution in [3.05, 3.63) is 29.8 Å². The molecule has 0 atom stereocenters. The van der Waals surface area contributed by atoms with E-state index in [0.717, 1.165) is 11.3 Å². The normalized spacial score (nSPS) is 11.5. The molecule has 0 unspecified atom stereocenters. The zero-order valence-electron chi connectivity index (χ0n) is 10.3. The van der Waals surface area contributed by atoms with Gasteiger partial charge in [0.05, 0.1) is 20.3 Å². The molecule has 0 aromatic heterocycles. The number of nitrogens with two attached hydrogens (primary N) is 1. The van der Waals surface area contributed by atoms with Gasteiger partial charge in [-0.15, -0.1) is 0 Å². The Morgan fingerprint density at radius 1 is 1.19 bits per heavy atom. The molecule has 16 heavy (non-hydrogen) atoms. The van der Waals surface area contributed by atoms with Gasteiger partial charge in [0.15, 0.2) is 0 Å². The molecule has 2 N–H and O–H groups in total. The molecular weight excluding hydrogens is 202 g/mol. The van der Waals surface area contributed by atoms with Crippen molar-refractivity contribution >= 4 is 0 Å². The smallest absolute Gasteiger partial charge is 0.118 e. The van der Waals surface area contributed by atoms with Crippen LogP contribution in [0.4, 0.5) is 0 Å². The van der Waals surface area contributed by atoms with Crippen molar-refractivity contribution in [1.29, 1.82) is 0 Å². The van der Waals surface area contributed by atoms with Gasteiger partial charge in [0.2, 0.25) is 0 Å². The maximum absolute atomic E-state index is 5.63. The van der Waals surface area contributed by atoms with E-state index >= 15 is 0 Å². The van der Waals surface area contributed by atoms with Crippen LogP contribution >= 0.6 is 0 Å². The molecule has 0 spiro atoms. The zero-order chi connectivity index (χ0) is 12.0. The highest BCUT2D eigenvalue weighted by Gasteiger charge is 2.15. The number of hydrogen-bond acceptors (Lipinski definition) is 3. The molecule has 0 radical (unpaired) electrons.